The van der Waals surface area contributed by atoms with E-state index in [9.17, 15) is 9.18 Å². The van der Waals surface area contributed by atoms with Gasteiger partial charge in [-0.05, 0) is 73.6 Å². The Morgan fingerprint density at radius 2 is 1.69 bits per heavy atom. The molecular weight excluding hydrogens is 437 g/mol. The maximum Gasteiger partial charge on any atom is 0.223 e. The average molecular weight is 470 g/mol. The van der Waals surface area contributed by atoms with Crippen LogP contribution in [0.2, 0.25) is 0 Å². The molecule has 1 amide bonds. The first kappa shape index (κ1) is 23.3. The number of hydrogen-bond donors (Lipinski definition) is 1. The van der Waals surface area contributed by atoms with Gasteiger partial charge in [0, 0.05) is 30.2 Å². The molecule has 4 aromatic rings. The summed E-state index contributed by atoms with van der Waals surface area (Å²) in [6.07, 6.45) is 1.72. The minimum atomic E-state index is -0.206. The van der Waals surface area contributed by atoms with Crippen LogP contribution in [0.3, 0.4) is 0 Å². The molecule has 1 atom stereocenters. The Labute approximate surface area is 206 Å². The molecule has 35 heavy (non-hydrogen) atoms. The molecule has 1 aromatic heterocycles. The van der Waals surface area contributed by atoms with Crippen LogP contribution < -0.4 is 5.32 Å². The van der Waals surface area contributed by atoms with E-state index < -0.39 is 0 Å². The summed E-state index contributed by atoms with van der Waals surface area (Å²) in [4.78, 5) is 15.3. The van der Waals surface area contributed by atoms with E-state index in [1.54, 1.807) is 12.1 Å². The lowest BCUT2D eigenvalue weighted by molar-refractivity contribution is -0.127. The number of para-hydroxylation sites is 1. The van der Waals surface area contributed by atoms with E-state index >= 15 is 0 Å². The van der Waals surface area contributed by atoms with Crippen LogP contribution in [0, 0.1) is 11.7 Å². The highest BCUT2D eigenvalue weighted by Crippen LogP contribution is 2.25. The summed E-state index contributed by atoms with van der Waals surface area (Å²) < 4.78 is 16.1. The zero-order chi connectivity index (χ0) is 24.2. The van der Waals surface area contributed by atoms with Gasteiger partial charge < -0.3 is 9.88 Å². The lowest BCUT2D eigenvalue weighted by Crippen LogP contribution is -2.41. The number of fused-ring (bicyclic) bond motifs is 1. The van der Waals surface area contributed by atoms with Crippen molar-refractivity contribution in [3.8, 4) is 0 Å². The van der Waals surface area contributed by atoms with Crippen molar-refractivity contribution in [1.29, 1.82) is 0 Å². The highest BCUT2D eigenvalue weighted by molar-refractivity contribution is 5.81. The summed E-state index contributed by atoms with van der Waals surface area (Å²) in [7, 11) is 0. The number of rotatable bonds is 7. The fourth-order valence-corrected chi connectivity index (χ4v) is 5.14. The quantitative estimate of drug-likeness (QED) is 0.365. The summed E-state index contributed by atoms with van der Waals surface area (Å²) in [6, 6.07) is 27.6. The van der Waals surface area contributed by atoms with Crippen LogP contribution in [0.5, 0.6) is 0 Å². The van der Waals surface area contributed by atoms with Crippen molar-refractivity contribution in [2.75, 3.05) is 13.1 Å². The lowest BCUT2D eigenvalue weighted by atomic mass is 9.95. The SMILES string of the molecule is C[C@H](NC(=O)C1CCN(Cc2cc3ccccc3n2Cc2cccc(F)c2)CC1)c1ccccc1. The number of likely N-dealkylation sites (tertiary alicyclic amines) is 1. The molecule has 2 heterocycles. The first-order valence-electron chi connectivity index (χ1n) is 12.5. The monoisotopic (exact) mass is 469 g/mol. The van der Waals surface area contributed by atoms with Crippen LogP contribution in [0.1, 0.15) is 42.6 Å². The van der Waals surface area contributed by atoms with Gasteiger partial charge in [-0.25, -0.2) is 4.39 Å². The van der Waals surface area contributed by atoms with Crippen LogP contribution in [0.4, 0.5) is 4.39 Å². The zero-order valence-electron chi connectivity index (χ0n) is 20.2. The van der Waals surface area contributed by atoms with Crippen LogP contribution >= 0.6 is 0 Å². The third kappa shape index (κ3) is 5.46. The van der Waals surface area contributed by atoms with Crippen molar-refractivity contribution in [2.24, 2.45) is 5.92 Å². The second kappa shape index (κ2) is 10.4. The average Bonchev–Trinajstić information content (AvgIpc) is 3.21. The number of amides is 1. The molecule has 4 nitrogen and oxygen atoms in total. The molecule has 0 radical (unpaired) electrons. The van der Waals surface area contributed by atoms with E-state index in [2.05, 4.69) is 57.2 Å². The minimum Gasteiger partial charge on any atom is -0.349 e. The maximum atomic E-state index is 13.8. The van der Waals surface area contributed by atoms with Crippen LogP contribution in [-0.4, -0.2) is 28.5 Å². The van der Waals surface area contributed by atoms with Crippen molar-refractivity contribution in [3.05, 3.63) is 108 Å². The number of aromatic nitrogens is 1. The van der Waals surface area contributed by atoms with Gasteiger partial charge in [-0.15, -0.1) is 0 Å². The van der Waals surface area contributed by atoms with Crippen molar-refractivity contribution < 1.29 is 9.18 Å². The molecule has 1 aliphatic rings. The second-order valence-corrected chi connectivity index (χ2v) is 9.60. The van der Waals surface area contributed by atoms with Gasteiger partial charge in [0.05, 0.1) is 6.04 Å². The topological polar surface area (TPSA) is 37.3 Å². The van der Waals surface area contributed by atoms with E-state index in [0.29, 0.717) is 6.54 Å². The predicted octanol–water partition coefficient (Wildman–Crippen LogP) is 5.92. The van der Waals surface area contributed by atoms with Gasteiger partial charge >= 0.3 is 0 Å². The largest absolute Gasteiger partial charge is 0.349 e. The van der Waals surface area contributed by atoms with E-state index in [0.717, 1.165) is 49.1 Å². The Kier molecular flexibility index (Phi) is 6.96. The minimum absolute atomic E-state index is 0.0141. The normalized spacial score (nSPS) is 15.8. The van der Waals surface area contributed by atoms with Crippen LogP contribution in [0.15, 0.2) is 84.9 Å². The van der Waals surface area contributed by atoms with Crippen molar-refractivity contribution in [1.82, 2.24) is 14.8 Å². The summed E-state index contributed by atoms with van der Waals surface area (Å²) in [5, 5.41) is 4.39. The van der Waals surface area contributed by atoms with Gasteiger partial charge in [0.1, 0.15) is 5.82 Å². The van der Waals surface area contributed by atoms with E-state index in [4.69, 9.17) is 0 Å². The number of benzene rings is 3. The van der Waals surface area contributed by atoms with Gasteiger partial charge in [0.15, 0.2) is 0 Å². The molecule has 3 aromatic carbocycles. The summed E-state index contributed by atoms with van der Waals surface area (Å²) in [5.41, 5.74) is 4.46. The lowest BCUT2D eigenvalue weighted by Gasteiger charge is -2.32. The molecule has 0 unspecified atom stereocenters. The Bertz CT molecular complexity index is 1290. The van der Waals surface area contributed by atoms with E-state index in [-0.39, 0.29) is 23.7 Å². The molecule has 180 valence electrons. The molecule has 5 heteroatoms. The Hall–Kier alpha value is -3.44. The molecule has 1 aliphatic heterocycles. The van der Waals surface area contributed by atoms with Crippen molar-refractivity contribution in [3.63, 3.8) is 0 Å². The number of nitrogens with one attached hydrogen (secondary N) is 1. The van der Waals surface area contributed by atoms with Crippen molar-refractivity contribution in [2.45, 2.75) is 38.9 Å². The fourth-order valence-electron chi connectivity index (χ4n) is 5.14. The van der Waals surface area contributed by atoms with Gasteiger partial charge in [-0.3, -0.25) is 9.69 Å². The number of carbonyl (C=O) groups is 1. The molecule has 5 rings (SSSR count). The van der Waals surface area contributed by atoms with Gasteiger partial charge in [-0.1, -0.05) is 60.7 Å². The second-order valence-electron chi connectivity index (χ2n) is 9.60. The third-order valence-corrected chi connectivity index (χ3v) is 7.13. The first-order chi connectivity index (χ1) is 17.1. The number of hydrogen-bond acceptors (Lipinski definition) is 2. The zero-order valence-corrected chi connectivity index (χ0v) is 20.2. The number of nitrogens with zero attached hydrogens (tertiary/aromatic N) is 2. The highest BCUT2D eigenvalue weighted by atomic mass is 19.1. The van der Waals surface area contributed by atoms with E-state index in [1.807, 2.05) is 31.2 Å². The first-order valence-corrected chi connectivity index (χ1v) is 12.5. The molecule has 1 N–H and O–H groups in total. The molecule has 1 fully saturated rings. The molecule has 0 saturated carbocycles. The fraction of sp³-hybridized carbons (Fsp3) is 0.300. The number of piperidine rings is 1. The smallest absolute Gasteiger partial charge is 0.223 e. The van der Waals surface area contributed by atoms with Gasteiger partial charge in [0.25, 0.3) is 0 Å². The van der Waals surface area contributed by atoms with Crippen LogP contribution in [-0.2, 0) is 17.9 Å². The Balaban J connectivity index is 1.24. The third-order valence-electron chi connectivity index (χ3n) is 7.13. The number of carbonyl (C=O) groups excluding carboxylic acids is 1. The van der Waals surface area contributed by atoms with Crippen molar-refractivity contribution >= 4 is 16.8 Å². The summed E-state index contributed by atoms with van der Waals surface area (Å²) in [6.45, 7) is 5.27. The molecule has 0 spiro atoms. The van der Waals surface area contributed by atoms with Gasteiger partial charge in [-0.2, -0.15) is 0 Å². The summed E-state index contributed by atoms with van der Waals surface area (Å²) in [5.74, 6) is -0.000714. The molecule has 1 saturated heterocycles. The molecular formula is C30H32FN3O. The van der Waals surface area contributed by atoms with E-state index in [1.165, 1.54) is 17.1 Å². The molecule has 0 bridgehead atoms. The van der Waals surface area contributed by atoms with Gasteiger partial charge in [0.2, 0.25) is 5.91 Å². The number of halogens is 1. The van der Waals surface area contributed by atoms with Crippen LogP contribution in [0.25, 0.3) is 10.9 Å². The Morgan fingerprint density at radius 3 is 2.46 bits per heavy atom. The highest BCUT2D eigenvalue weighted by Gasteiger charge is 2.26. The standard InChI is InChI=1S/C30H32FN3O/c1-22(24-9-3-2-4-10-24)32-30(35)25-14-16-33(17-15-25)21-28-19-26-11-5-6-13-29(26)34(28)20-23-8-7-12-27(31)18-23/h2-13,18-19,22,25H,14-17,20-21H2,1H3,(H,32,35)/t22-/m0/s1. The predicted molar refractivity (Wildman–Crippen MR) is 138 cm³/mol. The maximum absolute atomic E-state index is 13.8. The Morgan fingerprint density at radius 1 is 0.943 bits per heavy atom. The summed E-state index contributed by atoms with van der Waals surface area (Å²) >= 11 is 0. The molecule has 0 aliphatic carbocycles.